The Hall–Kier alpha value is -2.35. The van der Waals surface area contributed by atoms with Gasteiger partial charge in [-0.3, -0.25) is 0 Å². The van der Waals surface area contributed by atoms with Crippen molar-refractivity contribution in [2.45, 2.75) is 19.8 Å². The normalized spacial score (nSPS) is 11.3. The van der Waals surface area contributed by atoms with Crippen molar-refractivity contribution in [1.82, 2.24) is 9.97 Å². The van der Waals surface area contributed by atoms with Crippen LogP contribution in [-0.4, -0.2) is 16.3 Å². The number of nitrogens with zero attached hydrogens (tertiary/aromatic N) is 2. The number of alkyl halides is 3. The zero-order valence-electron chi connectivity index (χ0n) is 11.0. The zero-order valence-corrected chi connectivity index (χ0v) is 11.0. The summed E-state index contributed by atoms with van der Waals surface area (Å²) in [5, 5.41) is 0. The number of hydrogen-bond acceptors (Lipinski definition) is 5. The first-order valence-electron chi connectivity index (χ1n) is 5.93. The molecule has 0 unspecified atom stereocenters. The number of aromatic nitrogens is 2. The van der Waals surface area contributed by atoms with Crippen LogP contribution in [0.15, 0.2) is 30.5 Å². The maximum Gasteiger partial charge on any atom is 0.573 e. The minimum Gasteiger partial charge on any atom is -0.424 e. The molecule has 0 bridgehead atoms. The van der Waals surface area contributed by atoms with E-state index in [9.17, 15) is 13.2 Å². The summed E-state index contributed by atoms with van der Waals surface area (Å²) in [6.07, 6.45) is -3.18. The molecular weight excluding hydrogens is 287 g/mol. The van der Waals surface area contributed by atoms with E-state index < -0.39 is 6.36 Å². The molecule has 1 aromatic carbocycles. The van der Waals surface area contributed by atoms with Gasteiger partial charge in [0.15, 0.2) is 0 Å². The highest BCUT2D eigenvalue weighted by atomic mass is 19.4. The van der Waals surface area contributed by atoms with Crippen LogP contribution in [-0.2, 0) is 6.54 Å². The predicted octanol–water partition coefficient (Wildman–Crippen LogP) is 2.93. The highest BCUT2D eigenvalue weighted by Gasteiger charge is 2.30. The molecule has 2 N–H and O–H groups in total. The van der Waals surface area contributed by atoms with Gasteiger partial charge in [0.25, 0.3) is 0 Å². The number of hydrogen-bond donors (Lipinski definition) is 1. The van der Waals surface area contributed by atoms with Gasteiger partial charge in [-0.1, -0.05) is 0 Å². The Morgan fingerprint density at radius 2 is 1.76 bits per heavy atom. The minimum absolute atomic E-state index is 0.0918. The standard InChI is InChI=1S/C13H12F3N3O2/c1-8-9(6-17)7-18-12(19-8)20-10-2-4-11(5-3-10)21-13(14,15)16/h2-5,7H,6,17H2,1H3. The van der Waals surface area contributed by atoms with E-state index in [1.54, 1.807) is 13.1 Å². The maximum atomic E-state index is 12.0. The molecule has 1 heterocycles. The van der Waals surface area contributed by atoms with Crippen molar-refractivity contribution in [3.05, 3.63) is 41.7 Å². The van der Waals surface area contributed by atoms with Crippen molar-refractivity contribution in [2.24, 2.45) is 5.73 Å². The average Bonchev–Trinajstić information content (AvgIpc) is 2.40. The summed E-state index contributed by atoms with van der Waals surface area (Å²) in [4.78, 5) is 8.06. The molecule has 5 nitrogen and oxygen atoms in total. The van der Waals surface area contributed by atoms with Crippen LogP contribution in [0.2, 0.25) is 0 Å². The van der Waals surface area contributed by atoms with Crippen molar-refractivity contribution < 1.29 is 22.6 Å². The Morgan fingerprint density at radius 3 is 2.29 bits per heavy atom. The molecule has 0 spiro atoms. The van der Waals surface area contributed by atoms with E-state index in [0.717, 1.165) is 17.7 Å². The van der Waals surface area contributed by atoms with Gasteiger partial charge >= 0.3 is 12.4 Å². The van der Waals surface area contributed by atoms with Crippen LogP contribution in [0.1, 0.15) is 11.3 Å². The minimum atomic E-state index is -4.72. The van der Waals surface area contributed by atoms with E-state index in [1.165, 1.54) is 12.1 Å². The lowest BCUT2D eigenvalue weighted by molar-refractivity contribution is -0.274. The second-order valence-electron chi connectivity index (χ2n) is 4.09. The van der Waals surface area contributed by atoms with Gasteiger partial charge in [0, 0.05) is 24.0 Å². The first kappa shape index (κ1) is 15.0. The fourth-order valence-electron chi connectivity index (χ4n) is 1.54. The number of rotatable bonds is 4. The molecule has 21 heavy (non-hydrogen) atoms. The summed E-state index contributed by atoms with van der Waals surface area (Å²) in [5.74, 6) is -0.0325. The summed E-state index contributed by atoms with van der Waals surface area (Å²) in [6.45, 7) is 2.08. The number of benzene rings is 1. The Balaban J connectivity index is 2.08. The van der Waals surface area contributed by atoms with Crippen LogP contribution in [0.4, 0.5) is 13.2 Å². The maximum absolute atomic E-state index is 12.0. The molecule has 0 aliphatic rings. The van der Waals surface area contributed by atoms with Crippen LogP contribution in [0.25, 0.3) is 0 Å². The topological polar surface area (TPSA) is 70.3 Å². The summed E-state index contributed by atoms with van der Waals surface area (Å²) >= 11 is 0. The van der Waals surface area contributed by atoms with Crippen molar-refractivity contribution in [2.75, 3.05) is 0 Å². The molecule has 0 aliphatic heterocycles. The second-order valence-corrected chi connectivity index (χ2v) is 4.09. The van der Waals surface area contributed by atoms with Gasteiger partial charge in [0.2, 0.25) is 0 Å². The third-order valence-corrected chi connectivity index (χ3v) is 2.55. The molecular formula is C13H12F3N3O2. The zero-order chi connectivity index (χ0) is 15.5. The first-order chi connectivity index (χ1) is 9.87. The summed E-state index contributed by atoms with van der Waals surface area (Å²) in [7, 11) is 0. The largest absolute Gasteiger partial charge is 0.573 e. The van der Waals surface area contributed by atoms with E-state index in [-0.39, 0.29) is 11.8 Å². The number of nitrogens with two attached hydrogens (primary N) is 1. The molecule has 2 rings (SSSR count). The molecule has 2 aromatic rings. The van der Waals surface area contributed by atoms with Gasteiger partial charge < -0.3 is 15.2 Å². The molecule has 0 aliphatic carbocycles. The van der Waals surface area contributed by atoms with E-state index >= 15 is 0 Å². The molecule has 0 amide bonds. The quantitative estimate of drug-likeness (QED) is 0.940. The van der Waals surface area contributed by atoms with E-state index in [0.29, 0.717) is 18.0 Å². The van der Waals surface area contributed by atoms with Gasteiger partial charge in [0.05, 0.1) is 0 Å². The second kappa shape index (κ2) is 5.96. The van der Waals surface area contributed by atoms with Gasteiger partial charge in [-0.15, -0.1) is 13.2 Å². The summed E-state index contributed by atoms with van der Waals surface area (Å²) < 4.78 is 45.2. The van der Waals surface area contributed by atoms with E-state index in [1.807, 2.05) is 0 Å². The number of aryl methyl sites for hydroxylation is 1. The fourth-order valence-corrected chi connectivity index (χ4v) is 1.54. The third-order valence-electron chi connectivity index (χ3n) is 2.55. The highest BCUT2D eigenvalue weighted by Crippen LogP contribution is 2.26. The fraction of sp³-hybridized carbons (Fsp3) is 0.231. The van der Waals surface area contributed by atoms with Crippen molar-refractivity contribution in [3.63, 3.8) is 0 Å². The lowest BCUT2D eigenvalue weighted by atomic mass is 10.2. The molecule has 0 fully saturated rings. The van der Waals surface area contributed by atoms with Crippen molar-refractivity contribution >= 4 is 0 Å². The number of halogens is 3. The SMILES string of the molecule is Cc1nc(Oc2ccc(OC(F)(F)F)cc2)ncc1CN. The summed E-state index contributed by atoms with van der Waals surface area (Å²) in [5.41, 5.74) is 6.96. The van der Waals surface area contributed by atoms with Crippen LogP contribution in [0.5, 0.6) is 17.5 Å². The van der Waals surface area contributed by atoms with E-state index in [4.69, 9.17) is 10.5 Å². The Kier molecular flexibility index (Phi) is 4.27. The lowest BCUT2D eigenvalue weighted by Gasteiger charge is -2.10. The Labute approximate surface area is 118 Å². The number of ether oxygens (including phenoxy) is 2. The van der Waals surface area contributed by atoms with Crippen LogP contribution >= 0.6 is 0 Å². The van der Waals surface area contributed by atoms with Gasteiger partial charge in [0.1, 0.15) is 11.5 Å². The smallest absolute Gasteiger partial charge is 0.424 e. The molecule has 0 radical (unpaired) electrons. The van der Waals surface area contributed by atoms with Crippen LogP contribution < -0.4 is 15.2 Å². The average molecular weight is 299 g/mol. The molecule has 8 heteroatoms. The lowest BCUT2D eigenvalue weighted by Crippen LogP contribution is -2.16. The Morgan fingerprint density at radius 1 is 1.14 bits per heavy atom. The van der Waals surface area contributed by atoms with Crippen LogP contribution in [0.3, 0.4) is 0 Å². The van der Waals surface area contributed by atoms with Gasteiger partial charge in [-0.2, -0.15) is 4.98 Å². The molecule has 1 aromatic heterocycles. The third kappa shape index (κ3) is 4.32. The summed E-state index contributed by atoms with van der Waals surface area (Å²) in [6, 6.07) is 5.04. The Bertz CT molecular complexity index is 615. The molecule has 112 valence electrons. The molecule has 0 atom stereocenters. The van der Waals surface area contributed by atoms with E-state index in [2.05, 4.69) is 14.7 Å². The van der Waals surface area contributed by atoms with Gasteiger partial charge in [-0.05, 0) is 31.2 Å². The first-order valence-corrected chi connectivity index (χ1v) is 5.93. The molecule has 0 saturated carbocycles. The van der Waals surface area contributed by atoms with Gasteiger partial charge in [-0.25, -0.2) is 4.98 Å². The monoisotopic (exact) mass is 299 g/mol. The highest BCUT2D eigenvalue weighted by molar-refractivity contribution is 5.33. The van der Waals surface area contributed by atoms with Crippen LogP contribution in [0, 0.1) is 6.92 Å². The van der Waals surface area contributed by atoms with Crippen molar-refractivity contribution in [1.29, 1.82) is 0 Å². The van der Waals surface area contributed by atoms with Crippen molar-refractivity contribution in [3.8, 4) is 17.5 Å². The molecule has 0 saturated heterocycles. The predicted molar refractivity (Wildman–Crippen MR) is 67.9 cm³/mol.